The van der Waals surface area contributed by atoms with E-state index in [4.69, 9.17) is 34.8 Å². The second-order valence-electron chi connectivity index (χ2n) is 4.19. The zero-order valence-electron chi connectivity index (χ0n) is 8.97. The topological polar surface area (TPSA) is 34.1 Å². The minimum Gasteiger partial charge on any atom is -0.298 e. The van der Waals surface area contributed by atoms with Crippen molar-refractivity contribution in [3.05, 3.63) is 32.8 Å². The summed E-state index contributed by atoms with van der Waals surface area (Å²) in [5.74, 6) is -1.35. The fourth-order valence-corrected chi connectivity index (χ4v) is 3.13. The van der Waals surface area contributed by atoms with Crippen LogP contribution in [0.4, 0.5) is 0 Å². The fourth-order valence-electron chi connectivity index (χ4n) is 2.10. The van der Waals surface area contributed by atoms with Gasteiger partial charge in [0.15, 0.2) is 5.78 Å². The van der Waals surface area contributed by atoms with Crippen LogP contribution in [0.3, 0.4) is 0 Å². The van der Waals surface area contributed by atoms with Gasteiger partial charge in [0.2, 0.25) is 0 Å². The Morgan fingerprint density at radius 2 is 1.65 bits per heavy atom. The SMILES string of the molecule is CC1CC(=O)C(c2c(Cl)cc(Cl)cc2Cl)C1=O. The third kappa shape index (κ3) is 2.22. The lowest BCUT2D eigenvalue weighted by Gasteiger charge is -2.12. The fraction of sp³-hybridized carbons (Fsp3) is 0.333. The van der Waals surface area contributed by atoms with E-state index in [2.05, 4.69) is 0 Å². The van der Waals surface area contributed by atoms with Gasteiger partial charge in [-0.15, -0.1) is 0 Å². The number of carbonyl (C=O) groups excluding carboxylic acids is 2. The van der Waals surface area contributed by atoms with Gasteiger partial charge in [-0.3, -0.25) is 9.59 Å². The molecular weight excluding hydrogens is 282 g/mol. The molecular formula is C12H9Cl3O2. The molecule has 0 bridgehead atoms. The van der Waals surface area contributed by atoms with Crippen molar-refractivity contribution in [2.45, 2.75) is 19.3 Å². The number of carbonyl (C=O) groups is 2. The molecule has 1 aliphatic rings. The zero-order chi connectivity index (χ0) is 12.7. The lowest BCUT2D eigenvalue weighted by Crippen LogP contribution is -2.15. The van der Waals surface area contributed by atoms with Crippen molar-refractivity contribution in [1.29, 1.82) is 0 Å². The first kappa shape index (κ1) is 12.9. The molecule has 0 heterocycles. The average molecular weight is 292 g/mol. The van der Waals surface area contributed by atoms with Crippen LogP contribution in [-0.2, 0) is 9.59 Å². The van der Waals surface area contributed by atoms with Gasteiger partial charge in [-0.05, 0) is 12.1 Å². The summed E-state index contributed by atoms with van der Waals surface area (Å²) in [6, 6.07) is 2.99. The molecule has 2 atom stereocenters. The summed E-state index contributed by atoms with van der Waals surface area (Å²) in [6.07, 6.45) is 0.249. The van der Waals surface area contributed by atoms with Crippen LogP contribution in [0.1, 0.15) is 24.8 Å². The van der Waals surface area contributed by atoms with Crippen molar-refractivity contribution in [2.75, 3.05) is 0 Å². The number of ketones is 2. The van der Waals surface area contributed by atoms with Gasteiger partial charge in [0.25, 0.3) is 0 Å². The lowest BCUT2D eigenvalue weighted by atomic mass is 9.94. The number of Topliss-reactive ketones (excluding diaryl/α,β-unsaturated/α-hetero) is 2. The number of rotatable bonds is 1. The Hall–Kier alpha value is -0.570. The van der Waals surface area contributed by atoms with Gasteiger partial charge in [-0.1, -0.05) is 41.7 Å². The standard InChI is InChI=1S/C12H9Cl3O2/c1-5-2-9(16)11(12(5)17)10-7(14)3-6(13)4-8(10)15/h3-5,11H,2H2,1H3. The Balaban J connectivity index is 2.55. The molecule has 0 radical (unpaired) electrons. The van der Waals surface area contributed by atoms with Gasteiger partial charge in [0.05, 0.1) is 0 Å². The van der Waals surface area contributed by atoms with Crippen molar-refractivity contribution < 1.29 is 9.59 Å². The second kappa shape index (κ2) is 4.60. The molecule has 2 rings (SSSR count). The highest BCUT2D eigenvalue weighted by Crippen LogP contribution is 2.40. The molecule has 90 valence electrons. The van der Waals surface area contributed by atoms with Gasteiger partial charge in [-0.2, -0.15) is 0 Å². The minimum atomic E-state index is -0.831. The maximum Gasteiger partial charge on any atom is 0.151 e. The maximum atomic E-state index is 11.9. The average Bonchev–Trinajstić information content (AvgIpc) is 2.43. The molecule has 1 saturated carbocycles. The van der Waals surface area contributed by atoms with Crippen LogP contribution in [-0.4, -0.2) is 11.6 Å². The van der Waals surface area contributed by atoms with Gasteiger partial charge >= 0.3 is 0 Å². The molecule has 0 saturated heterocycles. The predicted molar refractivity (Wildman–Crippen MR) is 68.0 cm³/mol. The van der Waals surface area contributed by atoms with E-state index in [1.165, 1.54) is 12.1 Å². The summed E-state index contributed by atoms with van der Waals surface area (Å²) >= 11 is 17.8. The van der Waals surface area contributed by atoms with Crippen LogP contribution >= 0.6 is 34.8 Å². The minimum absolute atomic E-state index is 0.124. The molecule has 2 nitrogen and oxygen atoms in total. The molecule has 17 heavy (non-hydrogen) atoms. The van der Waals surface area contributed by atoms with Crippen molar-refractivity contribution in [3.63, 3.8) is 0 Å². The first-order valence-electron chi connectivity index (χ1n) is 5.12. The zero-order valence-corrected chi connectivity index (χ0v) is 11.2. The van der Waals surface area contributed by atoms with E-state index in [-0.39, 0.29) is 34.0 Å². The van der Waals surface area contributed by atoms with Gasteiger partial charge in [0.1, 0.15) is 11.7 Å². The van der Waals surface area contributed by atoms with Crippen molar-refractivity contribution >= 4 is 46.4 Å². The van der Waals surface area contributed by atoms with E-state index in [1.54, 1.807) is 6.92 Å². The highest BCUT2D eigenvalue weighted by Gasteiger charge is 2.41. The molecule has 2 unspecified atom stereocenters. The molecule has 0 aliphatic heterocycles. The molecule has 5 heteroatoms. The Morgan fingerprint density at radius 1 is 1.12 bits per heavy atom. The summed E-state index contributed by atoms with van der Waals surface area (Å²) in [7, 11) is 0. The van der Waals surface area contributed by atoms with Gasteiger partial charge in [-0.25, -0.2) is 0 Å². The summed E-state index contributed by atoms with van der Waals surface area (Å²) in [5.41, 5.74) is 0.386. The summed E-state index contributed by atoms with van der Waals surface area (Å²) in [6.45, 7) is 1.73. The molecule has 1 aromatic carbocycles. The molecule has 0 N–H and O–H groups in total. The molecule has 1 aliphatic carbocycles. The summed E-state index contributed by atoms with van der Waals surface area (Å²) in [4.78, 5) is 23.7. The van der Waals surface area contributed by atoms with Crippen LogP contribution in [0.25, 0.3) is 0 Å². The van der Waals surface area contributed by atoms with E-state index in [1.807, 2.05) is 0 Å². The molecule has 0 amide bonds. The van der Waals surface area contributed by atoms with E-state index in [9.17, 15) is 9.59 Å². The molecule has 1 aromatic rings. The smallest absolute Gasteiger partial charge is 0.151 e. The van der Waals surface area contributed by atoms with Crippen molar-refractivity contribution in [1.82, 2.24) is 0 Å². The monoisotopic (exact) mass is 290 g/mol. The van der Waals surface area contributed by atoms with Crippen molar-refractivity contribution in [3.8, 4) is 0 Å². The highest BCUT2D eigenvalue weighted by atomic mass is 35.5. The van der Waals surface area contributed by atoms with Crippen molar-refractivity contribution in [2.24, 2.45) is 5.92 Å². The second-order valence-corrected chi connectivity index (χ2v) is 5.44. The Bertz CT molecular complexity index is 487. The van der Waals surface area contributed by atoms with Crippen LogP contribution in [0.15, 0.2) is 12.1 Å². The third-order valence-electron chi connectivity index (χ3n) is 2.93. The van der Waals surface area contributed by atoms with Crippen LogP contribution in [0, 0.1) is 5.92 Å². The largest absolute Gasteiger partial charge is 0.298 e. The molecule has 0 aromatic heterocycles. The number of hydrogen-bond donors (Lipinski definition) is 0. The van der Waals surface area contributed by atoms with E-state index >= 15 is 0 Å². The number of benzene rings is 1. The number of hydrogen-bond acceptors (Lipinski definition) is 2. The summed E-state index contributed by atoms with van der Waals surface area (Å²) < 4.78 is 0. The predicted octanol–water partition coefficient (Wildman–Crippen LogP) is 3.91. The van der Waals surface area contributed by atoms with E-state index < -0.39 is 5.92 Å². The van der Waals surface area contributed by atoms with Crippen LogP contribution < -0.4 is 0 Å². The van der Waals surface area contributed by atoms with Crippen LogP contribution in [0.2, 0.25) is 15.1 Å². The summed E-state index contributed by atoms with van der Waals surface area (Å²) in [5, 5.41) is 0.918. The molecule has 1 fully saturated rings. The highest BCUT2D eigenvalue weighted by molar-refractivity contribution is 6.40. The lowest BCUT2D eigenvalue weighted by molar-refractivity contribution is -0.124. The first-order chi connectivity index (χ1) is 7.91. The third-order valence-corrected chi connectivity index (χ3v) is 3.78. The first-order valence-corrected chi connectivity index (χ1v) is 6.26. The number of halogens is 3. The Morgan fingerprint density at radius 3 is 2.06 bits per heavy atom. The van der Waals surface area contributed by atoms with Crippen LogP contribution in [0.5, 0.6) is 0 Å². The normalized spacial score (nSPS) is 24.5. The Kier molecular flexibility index (Phi) is 3.48. The van der Waals surface area contributed by atoms with E-state index in [0.29, 0.717) is 10.6 Å². The van der Waals surface area contributed by atoms with E-state index in [0.717, 1.165) is 0 Å². The maximum absolute atomic E-state index is 11.9. The molecule has 0 spiro atoms. The Labute approximate surface area is 114 Å². The van der Waals surface area contributed by atoms with Gasteiger partial charge < -0.3 is 0 Å². The quantitative estimate of drug-likeness (QED) is 0.735. The van der Waals surface area contributed by atoms with Gasteiger partial charge in [0, 0.05) is 33.0 Å².